The van der Waals surface area contributed by atoms with Crippen LogP contribution in [0, 0.1) is 11.6 Å². The van der Waals surface area contributed by atoms with Crippen molar-refractivity contribution in [2.75, 3.05) is 13.7 Å². The van der Waals surface area contributed by atoms with E-state index in [9.17, 15) is 8.78 Å². The smallest absolute Gasteiger partial charge is 0.171 e. The number of methoxy groups -OCH3 is 1. The summed E-state index contributed by atoms with van der Waals surface area (Å²) in [6, 6.07) is 2.35. The summed E-state index contributed by atoms with van der Waals surface area (Å²) in [6.45, 7) is 1.24. The van der Waals surface area contributed by atoms with Crippen molar-refractivity contribution < 1.29 is 18.6 Å². The Morgan fingerprint density at radius 2 is 2.07 bits per heavy atom. The van der Waals surface area contributed by atoms with Gasteiger partial charge in [0.05, 0.1) is 7.11 Å². The van der Waals surface area contributed by atoms with Gasteiger partial charge in [-0.25, -0.2) is 8.78 Å². The molecule has 0 aliphatic heterocycles. The van der Waals surface area contributed by atoms with E-state index in [2.05, 4.69) is 0 Å². The van der Waals surface area contributed by atoms with Crippen LogP contribution in [-0.4, -0.2) is 18.8 Å². The minimum absolute atomic E-state index is 0.0123. The predicted molar refractivity (Wildman–Crippen MR) is 48.4 cm³/mol. The summed E-state index contributed by atoms with van der Waals surface area (Å²) in [5.74, 6) is -1.99. The lowest BCUT2D eigenvalue weighted by atomic mass is 10.0. The fourth-order valence-electron chi connectivity index (χ4n) is 1.25. The molecular formula is C10H12F2O2. The first-order valence-corrected chi connectivity index (χ1v) is 4.24. The van der Waals surface area contributed by atoms with E-state index in [1.807, 2.05) is 0 Å². The molecule has 1 N–H and O–H groups in total. The maximum absolute atomic E-state index is 13.5. The normalized spacial score (nSPS) is 12.6. The molecule has 1 aromatic rings. The molecule has 0 aliphatic rings. The van der Waals surface area contributed by atoms with Gasteiger partial charge >= 0.3 is 0 Å². The van der Waals surface area contributed by atoms with Crippen LogP contribution in [0.4, 0.5) is 8.78 Å². The molecule has 1 atom stereocenters. The highest BCUT2D eigenvalue weighted by atomic mass is 19.1. The molecule has 0 heterocycles. The molecule has 0 spiro atoms. The highest BCUT2D eigenvalue weighted by Gasteiger charge is 2.18. The van der Waals surface area contributed by atoms with Gasteiger partial charge in [0.2, 0.25) is 0 Å². The van der Waals surface area contributed by atoms with Crippen molar-refractivity contribution in [2.45, 2.75) is 12.8 Å². The average molecular weight is 202 g/mol. The number of halogens is 2. The molecule has 0 saturated heterocycles. The zero-order chi connectivity index (χ0) is 10.7. The number of hydrogen-bond acceptors (Lipinski definition) is 2. The molecule has 1 rings (SSSR count). The maximum atomic E-state index is 13.5. The van der Waals surface area contributed by atoms with Crippen LogP contribution in [0.1, 0.15) is 18.4 Å². The van der Waals surface area contributed by atoms with E-state index in [1.54, 1.807) is 6.92 Å². The third-order valence-electron chi connectivity index (χ3n) is 2.08. The van der Waals surface area contributed by atoms with Crippen molar-refractivity contribution in [1.29, 1.82) is 0 Å². The minimum atomic E-state index is -0.742. The standard InChI is InChI=1S/C10H12F2O2/c1-6(5-13)9-7(11)3-4-8(14-2)10(9)12/h3-4,6,13H,5H2,1-2H3. The third-order valence-corrected chi connectivity index (χ3v) is 2.08. The fourth-order valence-corrected chi connectivity index (χ4v) is 1.25. The first kappa shape index (κ1) is 10.9. The molecule has 0 bridgehead atoms. The Labute approximate surface area is 81.1 Å². The highest BCUT2D eigenvalue weighted by Crippen LogP contribution is 2.28. The molecule has 4 heteroatoms. The largest absolute Gasteiger partial charge is 0.494 e. The van der Waals surface area contributed by atoms with Crippen LogP contribution >= 0.6 is 0 Å². The molecular weight excluding hydrogens is 190 g/mol. The molecule has 1 unspecified atom stereocenters. The van der Waals surface area contributed by atoms with E-state index >= 15 is 0 Å². The highest BCUT2D eigenvalue weighted by molar-refractivity contribution is 5.34. The van der Waals surface area contributed by atoms with Gasteiger partial charge in [0, 0.05) is 18.1 Å². The van der Waals surface area contributed by atoms with Crippen molar-refractivity contribution in [3.8, 4) is 5.75 Å². The number of aliphatic hydroxyl groups excluding tert-OH is 1. The molecule has 0 saturated carbocycles. The second-order valence-corrected chi connectivity index (χ2v) is 3.06. The van der Waals surface area contributed by atoms with Crippen LogP contribution in [0.25, 0.3) is 0 Å². The fraction of sp³-hybridized carbons (Fsp3) is 0.400. The lowest BCUT2D eigenvalue weighted by molar-refractivity contribution is 0.266. The van der Waals surface area contributed by atoms with Crippen LogP contribution in [0.2, 0.25) is 0 Å². The summed E-state index contributed by atoms with van der Waals surface area (Å²) < 4.78 is 31.4. The van der Waals surface area contributed by atoms with Crippen molar-refractivity contribution >= 4 is 0 Å². The summed E-state index contributed by atoms with van der Waals surface area (Å²) in [5, 5.41) is 8.83. The Kier molecular flexibility index (Phi) is 3.41. The number of benzene rings is 1. The van der Waals surface area contributed by atoms with Crippen LogP contribution in [-0.2, 0) is 0 Å². The topological polar surface area (TPSA) is 29.5 Å². The summed E-state index contributed by atoms with van der Waals surface area (Å²) in [5.41, 5.74) is -0.133. The van der Waals surface area contributed by atoms with Gasteiger partial charge in [-0.15, -0.1) is 0 Å². The van der Waals surface area contributed by atoms with Gasteiger partial charge < -0.3 is 9.84 Å². The molecule has 0 aliphatic carbocycles. The van der Waals surface area contributed by atoms with E-state index in [0.717, 1.165) is 6.07 Å². The minimum Gasteiger partial charge on any atom is -0.494 e. The number of rotatable bonds is 3. The first-order valence-electron chi connectivity index (χ1n) is 4.24. The van der Waals surface area contributed by atoms with Gasteiger partial charge in [0.1, 0.15) is 5.82 Å². The van der Waals surface area contributed by atoms with Gasteiger partial charge in [0.15, 0.2) is 11.6 Å². The second-order valence-electron chi connectivity index (χ2n) is 3.06. The summed E-state index contributed by atoms with van der Waals surface area (Å²) in [7, 11) is 1.31. The van der Waals surface area contributed by atoms with Crippen LogP contribution in [0.15, 0.2) is 12.1 Å². The van der Waals surface area contributed by atoms with Gasteiger partial charge in [-0.2, -0.15) is 0 Å². The van der Waals surface area contributed by atoms with Crippen molar-refractivity contribution in [3.63, 3.8) is 0 Å². The maximum Gasteiger partial charge on any atom is 0.171 e. The van der Waals surface area contributed by atoms with Gasteiger partial charge in [0.25, 0.3) is 0 Å². The summed E-state index contributed by atoms with van der Waals surface area (Å²) in [4.78, 5) is 0. The Morgan fingerprint density at radius 1 is 1.43 bits per heavy atom. The molecule has 0 fully saturated rings. The SMILES string of the molecule is COc1ccc(F)c(C(C)CO)c1F. The van der Waals surface area contributed by atoms with E-state index in [1.165, 1.54) is 13.2 Å². The van der Waals surface area contributed by atoms with E-state index in [4.69, 9.17) is 9.84 Å². The summed E-state index contributed by atoms with van der Waals surface area (Å²) >= 11 is 0. The number of aliphatic hydroxyl groups is 1. The average Bonchev–Trinajstić information content (AvgIpc) is 2.18. The number of ether oxygens (including phenoxy) is 1. The quantitative estimate of drug-likeness (QED) is 0.813. The second kappa shape index (κ2) is 4.37. The van der Waals surface area contributed by atoms with E-state index in [0.29, 0.717) is 0 Å². The molecule has 78 valence electrons. The Hall–Kier alpha value is -1.16. The zero-order valence-corrected chi connectivity index (χ0v) is 8.05. The Bertz CT molecular complexity index is 326. The van der Waals surface area contributed by atoms with Crippen molar-refractivity contribution in [2.24, 2.45) is 0 Å². The monoisotopic (exact) mass is 202 g/mol. The van der Waals surface area contributed by atoms with Crippen LogP contribution < -0.4 is 4.74 Å². The molecule has 1 aromatic carbocycles. The Balaban J connectivity index is 3.25. The van der Waals surface area contributed by atoms with Crippen LogP contribution in [0.3, 0.4) is 0 Å². The van der Waals surface area contributed by atoms with Gasteiger partial charge in [-0.05, 0) is 12.1 Å². The molecule has 0 aromatic heterocycles. The van der Waals surface area contributed by atoms with Crippen LogP contribution in [0.5, 0.6) is 5.75 Å². The summed E-state index contributed by atoms with van der Waals surface area (Å²) in [6.07, 6.45) is 0. The number of hydrogen-bond donors (Lipinski definition) is 1. The first-order chi connectivity index (χ1) is 6.61. The Morgan fingerprint density at radius 3 is 2.57 bits per heavy atom. The zero-order valence-electron chi connectivity index (χ0n) is 8.05. The van der Waals surface area contributed by atoms with E-state index < -0.39 is 17.6 Å². The molecule has 0 amide bonds. The van der Waals surface area contributed by atoms with E-state index in [-0.39, 0.29) is 17.9 Å². The molecule has 0 radical (unpaired) electrons. The van der Waals surface area contributed by atoms with Gasteiger partial charge in [-0.3, -0.25) is 0 Å². The lowest BCUT2D eigenvalue weighted by Gasteiger charge is -2.12. The predicted octanol–water partition coefficient (Wildman–Crippen LogP) is 2.07. The van der Waals surface area contributed by atoms with Crippen molar-refractivity contribution in [3.05, 3.63) is 29.3 Å². The van der Waals surface area contributed by atoms with Gasteiger partial charge in [-0.1, -0.05) is 6.92 Å². The molecule has 14 heavy (non-hydrogen) atoms. The van der Waals surface area contributed by atoms with Crippen molar-refractivity contribution in [1.82, 2.24) is 0 Å². The molecule has 2 nitrogen and oxygen atoms in total. The third kappa shape index (κ3) is 1.85. The lowest BCUT2D eigenvalue weighted by Crippen LogP contribution is -2.06.